The van der Waals surface area contributed by atoms with Crippen molar-refractivity contribution in [3.63, 3.8) is 0 Å². The van der Waals surface area contributed by atoms with Crippen LogP contribution in [0.25, 0.3) is 6.08 Å². The van der Waals surface area contributed by atoms with Crippen molar-refractivity contribution in [3.05, 3.63) is 41.0 Å². The predicted molar refractivity (Wildman–Crippen MR) is 61.2 cm³/mol. The molecular weight excluding hydrogens is 263 g/mol. The number of carbonyl (C=O) groups excluding carboxylic acids is 1. The number of hydrogen-bond donors (Lipinski definition) is 2. The zero-order valence-corrected chi connectivity index (χ0v) is 9.57. The van der Waals surface area contributed by atoms with E-state index in [4.69, 9.17) is 10.8 Å². The smallest absolute Gasteiger partial charge is 0.416 e. The minimum absolute atomic E-state index is 0.0356. The number of rotatable bonds is 4. The number of nitrogens with two attached hydrogens (primary N) is 1. The Bertz CT molecular complexity index is 536. The van der Waals surface area contributed by atoms with Crippen molar-refractivity contribution in [2.75, 3.05) is 0 Å². The monoisotopic (exact) mass is 273 g/mol. The standard InChI is InChI=1S/C12H10F3NO3/c13-12(14,15)9-5-7(2-1-3-10(16)17)4-8(6-9)11(18)19/h1-2,4-6H,3H2,(H2,16,17)(H,18,19). The number of amides is 1. The highest BCUT2D eigenvalue weighted by Gasteiger charge is 2.31. The molecule has 4 nitrogen and oxygen atoms in total. The van der Waals surface area contributed by atoms with Crippen molar-refractivity contribution in [1.29, 1.82) is 0 Å². The first-order valence-corrected chi connectivity index (χ1v) is 5.10. The van der Waals surface area contributed by atoms with Crippen LogP contribution in [-0.4, -0.2) is 17.0 Å². The van der Waals surface area contributed by atoms with E-state index < -0.39 is 29.2 Å². The number of carbonyl (C=O) groups is 2. The number of benzene rings is 1. The lowest BCUT2D eigenvalue weighted by molar-refractivity contribution is -0.137. The van der Waals surface area contributed by atoms with E-state index in [9.17, 15) is 22.8 Å². The summed E-state index contributed by atoms with van der Waals surface area (Å²) < 4.78 is 37.7. The van der Waals surface area contributed by atoms with Gasteiger partial charge in [-0.25, -0.2) is 4.79 Å². The molecule has 0 bridgehead atoms. The second kappa shape index (κ2) is 5.55. The molecule has 0 fully saturated rings. The van der Waals surface area contributed by atoms with Gasteiger partial charge in [0, 0.05) is 6.42 Å². The van der Waals surface area contributed by atoms with Crippen molar-refractivity contribution in [2.45, 2.75) is 12.6 Å². The van der Waals surface area contributed by atoms with Crippen LogP contribution in [0.2, 0.25) is 0 Å². The second-order valence-electron chi connectivity index (χ2n) is 3.72. The first-order chi connectivity index (χ1) is 8.70. The lowest BCUT2D eigenvalue weighted by Gasteiger charge is -2.08. The Morgan fingerprint density at radius 2 is 1.89 bits per heavy atom. The Labute approximate surface area is 106 Å². The van der Waals surface area contributed by atoms with Gasteiger partial charge in [0.1, 0.15) is 0 Å². The molecule has 3 N–H and O–H groups in total. The van der Waals surface area contributed by atoms with E-state index >= 15 is 0 Å². The molecule has 0 atom stereocenters. The Hall–Kier alpha value is -2.31. The number of carboxylic acid groups (broad SMARTS) is 1. The van der Waals surface area contributed by atoms with Crippen LogP contribution in [-0.2, 0) is 11.0 Å². The summed E-state index contributed by atoms with van der Waals surface area (Å²) >= 11 is 0. The third-order valence-electron chi connectivity index (χ3n) is 2.16. The minimum atomic E-state index is -4.64. The topological polar surface area (TPSA) is 80.4 Å². The van der Waals surface area contributed by atoms with E-state index in [0.29, 0.717) is 6.07 Å². The van der Waals surface area contributed by atoms with Crippen LogP contribution >= 0.6 is 0 Å². The molecule has 1 aromatic rings. The molecule has 0 aliphatic heterocycles. The van der Waals surface area contributed by atoms with Crippen molar-refractivity contribution >= 4 is 18.0 Å². The van der Waals surface area contributed by atoms with Gasteiger partial charge < -0.3 is 10.8 Å². The molecular formula is C12H10F3NO3. The molecule has 19 heavy (non-hydrogen) atoms. The van der Waals surface area contributed by atoms with Crippen molar-refractivity contribution in [2.24, 2.45) is 5.73 Å². The van der Waals surface area contributed by atoms with Gasteiger partial charge in [0.05, 0.1) is 11.1 Å². The predicted octanol–water partition coefficient (Wildman–Crippen LogP) is 2.29. The Morgan fingerprint density at radius 1 is 1.26 bits per heavy atom. The first kappa shape index (κ1) is 14.7. The summed E-state index contributed by atoms with van der Waals surface area (Å²) in [5.41, 5.74) is 3.36. The SMILES string of the molecule is NC(=O)CC=Cc1cc(C(=O)O)cc(C(F)(F)F)c1. The highest BCUT2D eigenvalue weighted by atomic mass is 19.4. The van der Waals surface area contributed by atoms with Crippen LogP contribution in [0, 0.1) is 0 Å². The summed E-state index contributed by atoms with van der Waals surface area (Å²) in [5.74, 6) is -2.10. The highest BCUT2D eigenvalue weighted by molar-refractivity contribution is 5.88. The molecule has 1 rings (SSSR count). The lowest BCUT2D eigenvalue weighted by Crippen LogP contribution is -2.09. The Balaban J connectivity index is 3.17. The van der Waals surface area contributed by atoms with Crippen LogP contribution in [0.5, 0.6) is 0 Å². The van der Waals surface area contributed by atoms with Gasteiger partial charge in [0.2, 0.25) is 5.91 Å². The summed E-state index contributed by atoms with van der Waals surface area (Å²) in [5, 5.41) is 8.75. The van der Waals surface area contributed by atoms with E-state index in [1.54, 1.807) is 0 Å². The molecule has 102 valence electrons. The van der Waals surface area contributed by atoms with E-state index in [2.05, 4.69) is 0 Å². The molecule has 0 aliphatic carbocycles. The highest BCUT2D eigenvalue weighted by Crippen LogP contribution is 2.31. The fraction of sp³-hybridized carbons (Fsp3) is 0.167. The molecule has 7 heteroatoms. The van der Waals surface area contributed by atoms with E-state index in [-0.39, 0.29) is 12.0 Å². The summed E-state index contributed by atoms with van der Waals surface area (Å²) in [6, 6.07) is 2.42. The Kier molecular flexibility index (Phi) is 4.31. The average molecular weight is 273 g/mol. The van der Waals surface area contributed by atoms with Crippen LogP contribution < -0.4 is 5.73 Å². The molecule has 1 amide bonds. The van der Waals surface area contributed by atoms with Gasteiger partial charge >= 0.3 is 12.1 Å². The minimum Gasteiger partial charge on any atom is -0.478 e. The zero-order valence-electron chi connectivity index (χ0n) is 9.57. The molecule has 1 aromatic carbocycles. The first-order valence-electron chi connectivity index (χ1n) is 5.10. The number of primary amides is 1. The maximum atomic E-state index is 12.6. The van der Waals surface area contributed by atoms with Gasteiger partial charge in [0.25, 0.3) is 0 Å². The van der Waals surface area contributed by atoms with E-state index in [0.717, 1.165) is 12.1 Å². The maximum absolute atomic E-state index is 12.6. The van der Waals surface area contributed by atoms with Gasteiger partial charge in [-0.05, 0) is 23.8 Å². The third-order valence-corrected chi connectivity index (χ3v) is 2.16. The largest absolute Gasteiger partial charge is 0.478 e. The fourth-order valence-corrected chi connectivity index (χ4v) is 1.35. The quantitative estimate of drug-likeness (QED) is 0.883. The summed E-state index contributed by atoms with van der Waals surface area (Å²) in [4.78, 5) is 21.2. The molecule has 0 aliphatic rings. The maximum Gasteiger partial charge on any atom is 0.416 e. The molecule has 0 heterocycles. The zero-order chi connectivity index (χ0) is 14.6. The van der Waals surface area contributed by atoms with Crippen molar-refractivity contribution < 1.29 is 27.9 Å². The van der Waals surface area contributed by atoms with Crippen LogP contribution in [0.4, 0.5) is 13.2 Å². The van der Waals surface area contributed by atoms with Crippen LogP contribution in [0.1, 0.15) is 27.9 Å². The van der Waals surface area contributed by atoms with E-state index in [1.165, 1.54) is 12.2 Å². The number of aromatic carboxylic acids is 1. The lowest BCUT2D eigenvalue weighted by atomic mass is 10.0. The molecule has 0 radical (unpaired) electrons. The van der Waals surface area contributed by atoms with Crippen LogP contribution in [0.15, 0.2) is 24.3 Å². The van der Waals surface area contributed by atoms with E-state index in [1.807, 2.05) is 0 Å². The fourth-order valence-electron chi connectivity index (χ4n) is 1.35. The number of alkyl halides is 3. The summed E-state index contributed by atoms with van der Waals surface area (Å²) in [6.45, 7) is 0. The van der Waals surface area contributed by atoms with Gasteiger partial charge in [-0.2, -0.15) is 13.2 Å². The van der Waals surface area contributed by atoms with Gasteiger partial charge in [0.15, 0.2) is 0 Å². The van der Waals surface area contributed by atoms with Crippen LogP contribution in [0.3, 0.4) is 0 Å². The average Bonchev–Trinajstić information content (AvgIpc) is 2.26. The molecule has 0 saturated heterocycles. The molecule has 0 aromatic heterocycles. The normalized spacial score (nSPS) is 11.7. The van der Waals surface area contributed by atoms with Gasteiger partial charge in [-0.1, -0.05) is 12.2 Å². The second-order valence-corrected chi connectivity index (χ2v) is 3.72. The third kappa shape index (κ3) is 4.46. The molecule has 0 saturated carbocycles. The molecule has 0 spiro atoms. The number of halogens is 3. The Morgan fingerprint density at radius 3 is 2.37 bits per heavy atom. The summed E-state index contributed by atoms with van der Waals surface area (Å²) in [6.07, 6.45) is -2.30. The van der Waals surface area contributed by atoms with Gasteiger partial charge in [-0.3, -0.25) is 4.79 Å². The van der Waals surface area contributed by atoms with Crippen molar-refractivity contribution in [3.8, 4) is 0 Å². The number of hydrogen-bond acceptors (Lipinski definition) is 2. The van der Waals surface area contributed by atoms with Crippen molar-refractivity contribution in [1.82, 2.24) is 0 Å². The van der Waals surface area contributed by atoms with Gasteiger partial charge in [-0.15, -0.1) is 0 Å². The molecule has 0 unspecified atom stereocenters. The summed E-state index contributed by atoms with van der Waals surface area (Å²) in [7, 11) is 0. The number of carboxylic acids is 1.